The Morgan fingerprint density at radius 1 is 1.75 bits per heavy atom. The number of rotatable bonds is 4. The maximum atomic E-state index is 11.2. The number of nitro groups is 1. The first-order valence-electron chi connectivity index (χ1n) is 6.44. The SMILES string of the molecule is CCC1CCN(c2ncc(C(N)=NO)cc2[N+](=O)[O-])C1. The largest absolute Gasteiger partial charge is 0.409 e. The molecule has 1 aliphatic heterocycles. The van der Waals surface area contributed by atoms with Crippen LogP contribution in [-0.4, -0.2) is 34.0 Å². The van der Waals surface area contributed by atoms with E-state index >= 15 is 0 Å². The van der Waals surface area contributed by atoms with Gasteiger partial charge in [0.15, 0.2) is 5.84 Å². The van der Waals surface area contributed by atoms with E-state index in [1.807, 2.05) is 4.90 Å². The minimum Gasteiger partial charge on any atom is -0.409 e. The molecule has 8 heteroatoms. The minimum absolute atomic E-state index is 0.120. The van der Waals surface area contributed by atoms with E-state index in [1.54, 1.807) is 0 Å². The van der Waals surface area contributed by atoms with E-state index in [9.17, 15) is 10.1 Å². The third kappa shape index (κ3) is 2.63. The van der Waals surface area contributed by atoms with Gasteiger partial charge in [-0.25, -0.2) is 4.98 Å². The summed E-state index contributed by atoms with van der Waals surface area (Å²) in [5, 5.41) is 22.6. The maximum Gasteiger partial charge on any atom is 0.312 e. The molecule has 0 bridgehead atoms. The zero-order chi connectivity index (χ0) is 14.7. The summed E-state index contributed by atoms with van der Waals surface area (Å²) in [4.78, 5) is 16.7. The molecule has 1 saturated heterocycles. The molecule has 1 unspecified atom stereocenters. The third-order valence-electron chi connectivity index (χ3n) is 3.61. The van der Waals surface area contributed by atoms with E-state index in [0.717, 1.165) is 25.9 Å². The van der Waals surface area contributed by atoms with Crippen LogP contribution < -0.4 is 10.6 Å². The van der Waals surface area contributed by atoms with Crippen molar-refractivity contribution in [1.29, 1.82) is 0 Å². The molecular weight excluding hydrogens is 262 g/mol. The lowest BCUT2D eigenvalue weighted by Gasteiger charge is -2.17. The summed E-state index contributed by atoms with van der Waals surface area (Å²) in [5.41, 5.74) is 5.55. The smallest absolute Gasteiger partial charge is 0.312 e. The Kier molecular flexibility index (Phi) is 4.02. The van der Waals surface area contributed by atoms with Crippen molar-refractivity contribution >= 4 is 17.3 Å². The molecule has 0 aromatic carbocycles. The molecule has 108 valence electrons. The summed E-state index contributed by atoms with van der Waals surface area (Å²) < 4.78 is 0. The monoisotopic (exact) mass is 279 g/mol. The van der Waals surface area contributed by atoms with Gasteiger partial charge in [-0.1, -0.05) is 18.5 Å². The van der Waals surface area contributed by atoms with Gasteiger partial charge in [-0.3, -0.25) is 10.1 Å². The van der Waals surface area contributed by atoms with Crippen molar-refractivity contribution in [2.75, 3.05) is 18.0 Å². The van der Waals surface area contributed by atoms with Gasteiger partial charge >= 0.3 is 5.69 Å². The molecule has 0 spiro atoms. The van der Waals surface area contributed by atoms with Gasteiger partial charge in [-0.15, -0.1) is 0 Å². The van der Waals surface area contributed by atoms with Crippen molar-refractivity contribution in [3.8, 4) is 0 Å². The molecule has 0 radical (unpaired) electrons. The van der Waals surface area contributed by atoms with E-state index in [1.165, 1.54) is 12.3 Å². The fraction of sp³-hybridized carbons (Fsp3) is 0.500. The first kappa shape index (κ1) is 14.0. The zero-order valence-electron chi connectivity index (χ0n) is 11.2. The molecule has 1 atom stereocenters. The van der Waals surface area contributed by atoms with Gasteiger partial charge in [0.1, 0.15) is 0 Å². The number of amidine groups is 1. The molecule has 2 heterocycles. The molecule has 3 N–H and O–H groups in total. The van der Waals surface area contributed by atoms with Crippen molar-refractivity contribution in [2.45, 2.75) is 19.8 Å². The zero-order valence-corrected chi connectivity index (χ0v) is 11.2. The van der Waals surface area contributed by atoms with Crippen LogP contribution in [0.25, 0.3) is 0 Å². The summed E-state index contributed by atoms with van der Waals surface area (Å²) in [7, 11) is 0. The number of nitrogens with two attached hydrogens (primary N) is 1. The first-order valence-corrected chi connectivity index (χ1v) is 6.44. The third-order valence-corrected chi connectivity index (χ3v) is 3.61. The highest BCUT2D eigenvalue weighted by atomic mass is 16.6. The van der Waals surface area contributed by atoms with Crippen LogP contribution in [0.5, 0.6) is 0 Å². The second-order valence-corrected chi connectivity index (χ2v) is 4.82. The summed E-state index contributed by atoms with van der Waals surface area (Å²) in [5.74, 6) is 0.695. The normalized spacial score (nSPS) is 19.4. The highest BCUT2D eigenvalue weighted by Crippen LogP contribution is 2.31. The highest BCUT2D eigenvalue weighted by molar-refractivity contribution is 5.97. The van der Waals surface area contributed by atoms with Crippen LogP contribution in [0.1, 0.15) is 25.3 Å². The molecule has 1 aliphatic rings. The van der Waals surface area contributed by atoms with E-state index in [4.69, 9.17) is 10.9 Å². The lowest BCUT2D eigenvalue weighted by atomic mass is 10.1. The quantitative estimate of drug-likeness (QED) is 0.282. The molecule has 2 rings (SSSR count). The predicted molar refractivity (Wildman–Crippen MR) is 74.0 cm³/mol. The van der Waals surface area contributed by atoms with Gasteiger partial charge in [0.25, 0.3) is 0 Å². The van der Waals surface area contributed by atoms with Gasteiger partial charge in [0.2, 0.25) is 5.82 Å². The Balaban J connectivity index is 2.36. The fourth-order valence-electron chi connectivity index (χ4n) is 2.38. The van der Waals surface area contributed by atoms with Gasteiger partial charge in [0, 0.05) is 30.9 Å². The standard InChI is InChI=1S/C12H17N5O3/c1-2-8-3-4-16(7-8)12-10(17(19)20)5-9(6-14-12)11(13)15-18/h5-6,8,18H,2-4,7H2,1H3,(H2,13,15). The number of hydrogen-bond acceptors (Lipinski definition) is 6. The first-order chi connectivity index (χ1) is 9.56. The number of aromatic nitrogens is 1. The second kappa shape index (κ2) is 5.72. The molecule has 20 heavy (non-hydrogen) atoms. The van der Waals surface area contributed by atoms with Crippen molar-refractivity contribution in [3.05, 3.63) is 27.9 Å². The Labute approximate surface area is 116 Å². The maximum absolute atomic E-state index is 11.2. The molecule has 0 amide bonds. The average Bonchev–Trinajstić information content (AvgIpc) is 2.94. The number of hydrogen-bond donors (Lipinski definition) is 2. The van der Waals surface area contributed by atoms with Gasteiger partial charge in [-0.05, 0) is 12.3 Å². The summed E-state index contributed by atoms with van der Waals surface area (Å²) in [6.07, 6.45) is 3.44. The number of nitrogens with zero attached hydrogens (tertiary/aromatic N) is 4. The number of pyridine rings is 1. The lowest BCUT2D eigenvalue weighted by molar-refractivity contribution is -0.384. The Hall–Kier alpha value is -2.38. The Bertz CT molecular complexity index is 546. The van der Waals surface area contributed by atoms with E-state index in [-0.39, 0.29) is 17.1 Å². The Morgan fingerprint density at radius 3 is 3.05 bits per heavy atom. The summed E-state index contributed by atoms with van der Waals surface area (Å²) in [6, 6.07) is 1.29. The van der Waals surface area contributed by atoms with Gasteiger partial charge in [-0.2, -0.15) is 0 Å². The molecule has 1 aromatic heterocycles. The van der Waals surface area contributed by atoms with Gasteiger partial charge in [0.05, 0.1) is 4.92 Å². The number of anilines is 1. The topological polar surface area (TPSA) is 118 Å². The van der Waals surface area contributed by atoms with Crippen molar-refractivity contribution < 1.29 is 10.1 Å². The van der Waals surface area contributed by atoms with Crippen LogP contribution in [0.15, 0.2) is 17.4 Å². The van der Waals surface area contributed by atoms with Crippen molar-refractivity contribution in [2.24, 2.45) is 16.8 Å². The molecule has 0 saturated carbocycles. The van der Waals surface area contributed by atoms with Crippen molar-refractivity contribution in [1.82, 2.24) is 4.98 Å². The number of oxime groups is 1. The second-order valence-electron chi connectivity index (χ2n) is 4.82. The van der Waals surface area contributed by atoms with Crippen LogP contribution in [0.4, 0.5) is 11.5 Å². The predicted octanol–water partition coefficient (Wildman–Crippen LogP) is 1.32. The molecule has 1 fully saturated rings. The van der Waals surface area contributed by atoms with Crippen LogP contribution in [0.3, 0.4) is 0 Å². The van der Waals surface area contributed by atoms with Crippen molar-refractivity contribution in [3.63, 3.8) is 0 Å². The van der Waals surface area contributed by atoms with Crippen LogP contribution in [0.2, 0.25) is 0 Å². The highest BCUT2D eigenvalue weighted by Gasteiger charge is 2.28. The van der Waals surface area contributed by atoms with Gasteiger partial charge < -0.3 is 15.8 Å². The molecule has 0 aliphatic carbocycles. The van der Waals surface area contributed by atoms with Crippen LogP contribution >= 0.6 is 0 Å². The Morgan fingerprint density at radius 2 is 2.50 bits per heavy atom. The average molecular weight is 279 g/mol. The van der Waals surface area contributed by atoms with Crippen LogP contribution in [-0.2, 0) is 0 Å². The van der Waals surface area contributed by atoms with E-state index in [0.29, 0.717) is 11.7 Å². The van der Waals surface area contributed by atoms with E-state index in [2.05, 4.69) is 17.1 Å². The van der Waals surface area contributed by atoms with Crippen LogP contribution in [0, 0.1) is 16.0 Å². The molecular formula is C12H17N5O3. The van der Waals surface area contributed by atoms with E-state index < -0.39 is 4.92 Å². The molecule has 8 nitrogen and oxygen atoms in total. The lowest BCUT2D eigenvalue weighted by Crippen LogP contribution is -2.23. The fourth-order valence-corrected chi connectivity index (χ4v) is 2.38. The molecule has 1 aromatic rings. The minimum atomic E-state index is -0.490. The summed E-state index contributed by atoms with van der Waals surface area (Å²) >= 11 is 0. The summed E-state index contributed by atoms with van der Waals surface area (Å²) in [6.45, 7) is 3.64.